The number of hydrogen-bond acceptors (Lipinski definition) is 4. The summed E-state index contributed by atoms with van der Waals surface area (Å²) in [6.07, 6.45) is 0. The predicted molar refractivity (Wildman–Crippen MR) is 109 cm³/mol. The van der Waals surface area contributed by atoms with Crippen molar-refractivity contribution in [1.82, 2.24) is 5.32 Å². The maximum absolute atomic E-state index is 12.9. The number of amides is 2. The van der Waals surface area contributed by atoms with Gasteiger partial charge in [-0.2, -0.15) is 0 Å². The summed E-state index contributed by atoms with van der Waals surface area (Å²) in [7, 11) is 0. The van der Waals surface area contributed by atoms with Crippen molar-refractivity contribution in [3.05, 3.63) is 90.0 Å². The molecule has 29 heavy (non-hydrogen) atoms. The van der Waals surface area contributed by atoms with Gasteiger partial charge in [-0.25, -0.2) is 0 Å². The van der Waals surface area contributed by atoms with Crippen LogP contribution < -0.4 is 20.1 Å². The molecule has 2 amide bonds. The Labute approximate surface area is 168 Å². The van der Waals surface area contributed by atoms with Crippen molar-refractivity contribution < 1.29 is 19.1 Å². The van der Waals surface area contributed by atoms with Gasteiger partial charge in [0.05, 0.1) is 12.5 Å². The molecule has 0 bridgehead atoms. The van der Waals surface area contributed by atoms with Crippen molar-refractivity contribution >= 4 is 17.5 Å². The summed E-state index contributed by atoms with van der Waals surface area (Å²) in [6, 6.07) is 24.2. The van der Waals surface area contributed by atoms with E-state index >= 15 is 0 Å². The van der Waals surface area contributed by atoms with E-state index in [0.29, 0.717) is 17.2 Å². The average molecular weight is 388 g/mol. The second-order valence-corrected chi connectivity index (χ2v) is 6.59. The summed E-state index contributed by atoms with van der Waals surface area (Å²) >= 11 is 0. The maximum atomic E-state index is 12.9. The fraction of sp³-hybridized carbons (Fsp3) is 0.130. The topological polar surface area (TPSA) is 76.7 Å². The van der Waals surface area contributed by atoms with Crippen molar-refractivity contribution in [2.45, 2.75) is 5.92 Å². The molecule has 0 aliphatic carbocycles. The summed E-state index contributed by atoms with van der Waals surface area (Å²) in [5, 5.41) is 5.50. The van der Waals surface area contributed by atoms with Crippen molar-refractivity contribution in [2.24, 2.45) is 0 Å². The molecule has 6 nitrogen and oxygen atoms in total. The molecule has 0 saturated heterocycles. The fourth-order valence-electron chi connectivity index (χ4n) is 3.24. The van der Waals surface area contributed by atoms with E-state index in [1.807, 2.05) is 60.7 Å². The zero-order valence-electron chi connectivity index (χ0n) is 15.6. The molecule has 0 unspecified atom stereocenters. The molecule has 0 aromatic heterocycles. The van der Waals surface area contributed by atoms with Crippen LogP contribution in [0.4, 0.5) is 5.69 Å². The zero-order chi connectivity index (χ0) is 20.1. The summed E-state index contributed by atoms with van der Waals surface area (Å²) in [5.41, 5.74) is 2.32. The Morgan fingerprint density at radius 2 is 1.45 bits per heavy atom. The molecule has 3 aromatic carbocycles. The van der Waals surface area contributed by atoms with E-state index in [1.165, 1.54) is 0 Å². The Morgan fingerprint density at radius 3 is 2.10 bits per heavy atom. The minimum absolute atomic E-state index is 0.135. The Hall–Kier alpha value is -3.80. The first-order chi connectivity index (χ1) is 14.2. The number of rotatable bonds is 6. The van der Waals surface area contributed by atoms with Crippen molar-refractivity contribution in [2.75, 3.05) is 18.7 Å². The number of nitrogens with one attached hydrogen (secondary N) is 2. The molecule has 2 N–H and O–H groups in total. The van der Waals surface area contributed by atoms with Crippen LogP contribution in [0.2, 0.25) is 0 Å². The highest BCUT2D eigenvalue weighted by Gasteiger charge is 2.23. The van der Waals surface area contributed by atoms with Crippen LogP contribution in [-0.4, -0.2) is 25.2 Å². The lowest BCUT2D eigenvalue weighted by molar-refractivity contribution is -0.124. The van der Waals surface area contributed by atoms with Crippen LogP contribution >= 0.6 is 0 Å². The Bertz CT molecular complexity index is 966. The van der Waals surface area contributed by atoms with Crippen molar-refractivity contribution in [3.63, 3.8) is 0 Å². The monoisotopic (exact) mass is 388 g/mol. The van der Waals surface area contributed by atoms with Gasteiger partial charge in [-0.3, -0.25) is 9.59 Å². The molecule has 1 aliphatic heterocycles. The summed E-state index contributed by atoms with van der Waals surface area (Å²) in [6.45, 7) is 0.0343. The SMILES string of the molecule is O=C(CNC(=O)C(c1ccccc1)c1ccccc1)Nc1ccc2c(c1)OCO2. The van der Waals surface area contributed by atoms with Gasteiger partial charge >= 0.3 is 0 Å². The van der Waals surface area contributed by atoms with Crippen molar-refractivity contribution in [1.29, 1.82) is 0 Å². The van der Waals surface area contributed by atoms with Crippen LogP contribution in [0.3, 0.4) is 0 Å². The van der Waals surface area contributed by atoms with Crippen LogP contribution in [0.15, 0.2) is 78.9 Å². The largest absolute Gasteiger partial charge is 0.454 e. The lowest BCUT2D eigenvalue weighted by atomic mass is 9.90. The number of fused-ring (bicyclic) bond motifs is 1. The van der Waals surface area contributed by atoms with E-state index in [0.717, 1.165) is 11.1 Å². The molecular weight excluding hydrogens is 368 g/mol. The van der Waals surface area contributed by atoms with Gasteiger partial charge in [0.2, 0.25) is 18.6 Å². The van der Waals surface area contributed by atoms with Crippen molar-refractivity contribution in [3.8, 4) is 11.5 Å². The standard InChI is InChI=1S/C23H20N2O4/c26-21(25-18-11-12-19-20(13-18)29-15-28-19)14-24-23(27)22(16-7-3-1-4-8-16)17-9-5-2-6-10-17/h1-13,22H,14-15H2,(H,24,27)(H,25,26). The highest BCUT2D eigenvalue weighted by Crippen LogP contribution is 2.34. The molecule has 0 spiro atoms. The van der Waals surface area contributed by atoms with Crippen LogP contribution in [0.1, 0.15) is 17.0 Å². The third kappa shape index (κ3) is 4.38. The molecule has 0 atom stereocenters. The van der Waals surface area contributed by atoms with Gasteiger partial charge in [0.15, 0.2) is 11.5 Å². The molecule has 1 heterocycles. The van der Waals surface area contributed by atoms with Gasteiger partial charge in [0.1, 0.15) is 0 Å². The van der Waals surface area contributed by atoms with E-state index in [-0.39, 0.29) is 25.2 Å². The molecule has 4 rings (SSSR count). The minimum Gasteiger partial charge on any atom is -0.454 e. The van der Waals surface area contributed by atoms with E-state index in [4.69, 9.17) is 9.47 Å². The van der Waals surface area contributed by atoms with Crippen LogP contribution in [0.5, 0.6) is 11.5 Å². The molecular formula is C23H20N2O4. The number of hydrogen-bond donors (Lipinski definition) is 2. The molecule has 146 valence electrons. The minimum atomic E-state index is -0.490. The molecule has 0 radical (unpaired) electrons. The summed E-state index contributed by atoms with van der Waals surface area (Å²) < 4.78 is 10.6. The maximum Gasteiger partial charge on any atom is 0.243 e. The first-order valence-electron chi connectivity index (χ1n) is 9.28. The first kappa shape index (κ1) is 18.6. The van der Waals surface area contributed by atoms with Crippen LogP contribution in [-0.2, 0) is 9.59 Å². The number of carbonyl (C=O) groups excluding carboxylic acids is 2. The molecule has 6 heteroatoms. The van der Waals surface area contributed by atoms with E-state index < -0.39 is 5.92 Å². The molecule has 0 fully saturated rings. The Balaban J connectivity index is 1.42. The lowest BCUT2D eigenvalue weighted by Gasteiger charge is -2.18. The third-order valence-corrected chi connectivity index (χ3v) is 4.61. The smallest absolute Gasteiger partial charge is 0.243 e. The summed E-state index contributed by atoms with van der Waals surface area (Å²) in [4.78, 5) is 25.2. The van der Waals surface area contributed by atoms with E-state index in [1.54, 1.807) is 18.2 Å². The molecule has 3 aromatic rings. The van der Waals surface area contributed by atoms with Gasteiger partial charge in [0, 0.05) is 11.8 Å². The number of anilines is 1. The lowest BCUT2D eigenvalue weighted by Crippen LogP contribution is -2.36. The number of ether oxygens (including phenoxy) is 2. The predicted octanol–water partition coefficient (Wildman–Crippen LogP) is 3.30. The quantitative estimate of drug-likeness (QED) is 0.679. The highest BCUT2D eigenvalue weighted by atomic mass is 16.7. The second kappa shape index (κ2) is 8.48. The third-order valence-electron chi connectivity index (χ3n) is 4.61. The Kier molecular flexibility index (Phi) is 5.42. The van der Waals surface area contributed by atoms with E-state index in [2.05, 4.69) is 10.6 Å². The Morgan fingerprint density at radius 1 is 0.828 bits per heavy atom. The van der Waals surface area contributed by atoms with E-state index in [9.17, 15) is 9.59 Å². The second-order valence-electron chi connectivity index (χ2n) is 6.59. The van der Waals surface area contributed by atoms with Gasteiger partial charge in [-0.15, -0.1) is 0 Å². The first-order valence-corrected chi connectivity index (χ1v) is 9.28. The fourth-order valence-corrected chi connectivity index (χ4v) is 3.24. The molecule has 0 saturated carbocycles. The summed E-state index contributed by atoms with van der Waals surface area (Å²) in [5.74, 6) is 0.181. The molecule has 1 aliphatic rings. The van der Waals surface area contributed by atoms with Gasteiger partial charge in [0.25, 0.3) is 0 Å². The normalized spacial score (nSPS) is 11.9. The van der Waals surface area contributed by atoms with Gasteiger partial charge in [-0.1, -0.05) is 60.7 Å². The van der Waals surface area contributed by atoms with Gasteiger partial charge in [-0.05, 0) is 23.3 Å². The number of benzene rings is 3. The number of carbonyl (C=O) groups is 2. The van der Waals surface area contributed by atoms with Crippen LogP contribution in [0.25, 0.3) is 0 Å². The average Bonchev–Trinajstić information content (AvgIpc) is 3.22. The van der Waals surface area contributed by atoms with Gasteiger partial charge < -0.3 is 20.1 Å². The zero-order valence-corrected chi connectivity index (χ0v) is 15.6. The highest BCUT2D eigenvalue weighted by molar-refractivity contribution is 5.96. The van der Waals surface area contributed by atoms with Crippen LogP contribution in [0, 0.1) is 0 Å².